The van der Waals surface area contributed by atoms with Crippen molar-refractivity contribution in [1.82, 2.24) is 30.2 Å². The van der Waals surface area contributed by atoms with Gasteiger partial charge in [-0.1, -0.05) is 6.92 Å². The van der Waals surface area contributed by atoms with Gasteiger partial charge in [-0.15, -0.1) is 5.10 Å². The molecule has 0 atom stereocenters. The average molecular weight is 292 g/mol. The van der Waals surface area contributed by atoms with Gasteiger partial charge in [0, 0.05) is 12.0 Å². The van der Waals surface area contributed by atoms with Crippen molar-refractivity contribution in [2.75, 3.05) is 5.43 Å². The van der Waals surface area contributed by atoms with Crippen molar-refractivity contribution in [3.8, 4) is 0 Å². The molecule has 0 radical (unpaired) electrons. The number of hydrogen-bond donors (Lipinski definition) is 2. The summed E-state index contributed by atoms with van der Waals surface area (Å²) >= 11 is 1.46. The number of tetrazole rings is 1. The van der Waals surface area contributed by atoms with Crippen molar-refractivity contribution < 1.29 is 0 Å². The zero-order valence-corrected chi connectivity index (χ0v) is 12.2. The lowest BCUT2D eigenvalue weighted by atomic mass is 10.3. The third kappa shape index (κ3) is 2.46. The van der Waals surface area contributed by atoms with Crippen LogP contribution in [0.5, 0.6) is 0 Å². The summed E-state index contributed by atoms with van der Waals surface area (Å²) < 4.78 is 1.87. The van der Waals surface area contributed by atoms with Gasteiger partial charge in [0.1, 0.15) is 16.7 Å². The molecule has 106 valence electrons. The number of rotatable bonds is 5. The first-order valence-electron chi connectivity index (χ1n) is 6.52. The van der Waals surface area contributed by atoms with Crippen molar-refractivity contribution in [3.63, 3.8) is 0 Å². The fourth-order valence-corrected chi connectivity index (χ4v) is 2.76. The minimum atomic E-state index is 0.437. The van der Waals surface area contributed by atoms with Crippen molar-refractivity contribution in [1.29, 1.82) is 0 Å². The van der Waals surface area contributed by atoms with E-state index in [0.717, 1.165) is 40.8 Å². The van der Waals surface area contributed by atoms with Gasteiger partial charge in [-0.2, -0.15) is 0 Å². The van der Waals surface area contributed by atoms with Gasteiger partial charge in [0.15, 0.2) is 0 Å². The maximum absolute atomic E-state index is 5.51. The third-order valence-corrected chi connectivity index (χ3v) is 4.19. The first-order valence-corrected chi connectivity index (χ1v) is 7.34. The molecule has 0 aromatic carbocycles. The van der Waals surface area contributed by atoms with E-state index in [1.807, 2.05) is 18.5 Å². The highest BCUT2D eigenvalue weighted by Crippen LogP contribution is 2.38. The Balaban J connectivity index is 1.94. The van der Waals surface area contributed by atoms with Crippen molar-refractivity contribution in [2.45, 2.75) is 49.3 Å². The van der Waals surface area contributed by atoms with Gasteiger partial charge < -0.3 is 5.43 Å². The second kappa shape index (κ2) is 5.33. The van der Waals surface area contributed by atoms with E-state index in [0.29, 0.717) is 11.9 Å². The van der Waals surface area contributed by atoms with Gasteiger partial charge in [0.05, 0.1) is 6.04 Å². The molecule has 2 aromatic heterocycles. The van der Waals surface area contributed by atoms with E-state index in [-0.39, 0.29) is 0 Å². The SMILES string of the molecule is CCc1nc(NN)c(C)c(Sc2nnnn2C2CC2)n1. The Bertz CT molecular complexity index is 621. The van der Waals surface area contributed by atoms with Gasteiger partial charge >= 0.3 is 0 Å². The predicted octanol–water partition coefficient (Wildman–Crippen LogP) is 1.11. The van der Waals surface area contributed by atoms with Gasteiger partial charge in [0.2, 0.25) is 5.16 Å². The van der Waals surface area contributed by atoms with Crippen LogP contribution in [0.4, 0.5) is 5.82 Å². The highest BCUT2D eigenvalue weighted by molar-refractivity contribution is 7.99. The first kappa shape index (κ1) is 13.3. The lowest BCUT2D eigenvalue weighted by Gasteiger charge is -2.10. The summed E-state index contributed by atoms with van der Waals surface area (Å²) in [5.41, 5.74) is 3.52. The minimum Gasteiger partial charge on any atom is -0.308 e. The third-order valence-electron chi connectivity index (χ3n) is 3.14. The molecular formula is C11H16N8S. The molecule has 9 heteroatoms. The van der Waals surface area contributed by atoms with Crippen LogP contribution >= 0.6 is 11.8 Å². The summed E-state index contributed by atoms with van der Waals surface area (Å²) in [5.74, 6) is 6.90. The number of nitrogen functional groups attached to an aromatic ring is 1. The van der Waals surface area contributed by atoms with Crippen LogP contribution in [0.3, 0.4) is 0 Å². The van der Waals surface area contributed by atoms with E-state index >= 15 is 0 Å². The van der Waals surface area contributed by atoms with Crippen LogP contribution in [-0.2, 0) is 6.42 Å². The van der Waals surface area contributed by atoms with Crippen molar-refractivity contribution in [2.24, 2.45) is 5.84 Å². The molecule has 20 heavy (non-hydrogen) atoms. The Morgan fingerprint density at radius 2 is 2.20 bits per heavy atom. The smallest absolute Gasteiger partial charge is 0.215 e. The zero-order chi connectivity index (χ0) is 14.1. The predicted molar refractivity (Wildman–Crippen MR) is 74.2 cm³/mol. The maximum atomic E-state index is 5.51. The second-order valence-electron chi connectivity index (χ2n) is 4.66. The number of anilines is 1. The summed E-state index contributed by atoms with van der Waals surface area (Å²) in [6, 6.07) is 0.437. The number of hydrogen-bond acceptors (Lipinski definition) is 8. The summed E-state index contributed by atoms with van der Waals surface area (Å²) in [5, 5.41) is 13.5. The number of aromatic nitrogens is 6. The molecule has 0 bridgehead atoms. The van der Waals surface area contributed by atoms with E-state index in [9.17, 15) is 0 Å². The standard InChI is InChI=1S/C11H16N8S/c1-3-8-13-9(15-12)6(2)10(14-8)20-11-16-17-18-19(11)7-4-5-7/h7H,3-5,12H2,1-2H3,(H,13,14,15). The normalized spacial score (nSPS) is 14.6. The topological polar surface area (TPSA) is 107 Å². The van der Waals surface area contributed by atoms with Gasteiger partial charge in [-0.05, 0) is 42.0 Å². The Hall–Kier alpha value is -1.74. The molecule has 0 amide bonds. The molecule has 1 aliphatic rings. The van der Waals surface area contributed by atoms with E-state index in [4.69, 9.17) is 5.84 Å². The molecule has 1 fully saturated rings. The molecule has 1 saturated carbocycles. The van der Waals surface area contributed by atoms with Crippen molar-refractivity contribution in [3.05, 3.63) is 11.4 Å². The Kier molecular flexibility index (Phi) is 3.53. The van der Waals surface area contributed by atoms with E-state index in [2.05, 4.69) is 30.9 Å². The second-order valence-corrected chi connectivity index (χ2v) is 5.61. The van der Waals surface area contributed by atoms with Gasteiger partial charge in [0.25, 0.3) is 0 Å². The number of hydrazine groups is 1. The molecule has 0 spiro atoms. The van der Waals surface area contributed by atoms with Crippen LogP contribution in [0.25, 0.3) is 0 Å². The molecule has 8 nitrogen and oxygen atoms in total. The molecule has 0 saturated heterocycles. The largest absolute Gasteiger partial charge is 0.308 e. The number of nitrogens with two attached hydrogens (primary N) is 1. The van der Waals surface area contributed by atoms with Crippen LogP contribution in [0.1, 0.15) is 37.2 Å². The lowest BCUT2D eigenvalue weighted by Crippen LogP contribution is -2.13. The van der Waals surface area contributed by atoms with Crippen LogP contribution < -0.4 is 11.3 Å². The van der Waals surface area contributed by atoms with Crippen LogP contribution in [-0.4, -0.2) is 30.2 Å². The molecule has 3 rings (SSSR count). The van der Waals surface area contributed by atoms with E-state index in [1.54, 1.807) is 0 Å². The van der Waals surface area contributed by atoms with Gasteiger partial charge in [-0.25, -0.2) is 20.5 Å². The number of nitrogens with one attached hydrogen (secondary N) is 1. The molecule has 1 aliphatic carbocycles. The van der Waals surface area contributed by atoms with Crippen LogP contribution in [0.15, 0.2) is 10.2 Å². The fraction of sp³-hybridized carbons (Fsp3) is 0.545. The minimum absolute atomic E-state index is 0.437. The highest BCUT2D eigenvalue weighted by atomic mass is 32.2. The molecule has 0 aliphatic heterocycles. The first-order chi connectivity index (χ1) is 9.72. The van der Waals surface area contributed by atoms with E-state index < -0.39 is 0 Å². The highest BCUT2D eigenvalue weighted by Gasteiger charge is 2.28. The zero-order valence-electron chi connectivity index (χ0n) is 11.4. The monoisotopic (exact) mass is 292 g/mol. The Morgan fingerprint density at radius 3 is 2.85 bits per heavy atom. The molecule has 3 N–H and O–H groups in total. The fourth-order valence-electron chi connectivity index (χ4n) is 1.83. The summed E-state index contributed by atoms with van der Waals surface area (Å²) in [6.07, 6.45) is 3.02. The van der Waals surface area contributed by atoms with Crippen LogP contribution in [0.2, 0.25) is 0 Å². The Morgan fingerprint density at radius 1 is 1.40 bits per heavy atom. The molecular weight excluding hydrogens is 276 g/mol. The summed E-state index contributed by atoms with van der Waals surface area (Å²) in [6.45, 7) is 3.94. The number of nitrogens with zero attached hydrogens (tertiary/aromatic N) is 6. The summed E-state index contributed by atoms with van der Waals surface area (Å²) in [7, 11) is 0. The maximum Gasteiger partial charge on any atom is 0.215 e. The quantitative estimate of drug-likeness (QED) is 0.479. The molecule has 2 aromatic rings. The number of aryl methyl sites for hydroxylation is 1. The van der Waals surface area contributed by atoms with Gasteiger partial charge in [-0.3, -0.25) is 0 Å². The average Bonchev–Trinajstić information content (AvgIpc) is 3.21. The van der Waals surface area contributed by atoms with Crippen molar-refractivity contribution >= 4 is 17.6 Å². The lowest BCUT2D eigenvalue weighted by molar-refractivity contribution is 0.565. The van der Waals surface area contributed by atoms with Crippen LogP contribution in [0, 0.1) is 6.92 Å². The molecule has 2 heterocycles. The molecule has 0 unspecified atom stereocenters. The van der Waals surface area contributed by atoms with E-state index in [1.165, 1.54) is 11.8 Å². The Labute approximate surface area is 120 Å². The summed E-state index contributed by atoms with van der Waals surface area (Å²) in [4.78, 5) is 8.89.